The molecule has 0 bridgehead atoms. The van der Waals surface area contributed by atoms with Gasteiger partial charge in [0.1, 0.15) is 0 Å². The van der Waals surface area contributed by atoms with Crippen molar-refractivity contribution in [3.05, 3.63) is 37.0 Å². The van der Waals surface area contributed by atoms with E-state index in [1.165, 1.54) is 19.3 Å². The molecule has 152 valence electrons. The van der Waals surface area contributed by atoms with Crippen molar-refractivity contribution in [3.63, 3.8) is 0 Å². The Labute approximate surface area is 161 Å². The third kappa shape index (κ3) is 12.5. The SMILES string of the molecule is C=CC(C/C=C/CCC(C)C(O)CO)CCC(C)C(C)CC/C=C/CO. The molecule has 0 aromatic rings. The average molecular weight is 367 g/mol. The summed E-state index contributed by atoms with van der Waals surface area (Å²) in [5, 5.41) is 27.2. The zero-order chi connectivity index (χ0) is 19.8. The lowest BCUT2D eigenvalue weighted by Gasteiger charge is -2.21. The van der Waals surface area contributed by atoms with Gasteiger partial charge in [0.15, 0.2) is 0 Å². The van der Waals surface area contributed by atoms with E-state index < -0.39 is 6.10 Å². The minimum atomic E-state index is -0.605. The van der Waals surface area contributed by atoms with Gasteiger partial charge in [-0.05, 0) is 68.6 Å². The molecule has 0 amide bonds. The summed E-state index contributed by atoms with van der Waals surface area (Å²) in [6, 6.07) is 0. The highest BCUT2D eigenvalue weighted by atomic mass is 16.3. The maximum absolute atomic E-state index is 9.55. The number of aliphatic hydroxyl groups is 3. The zero-order valence-corrected chi connectivity index (χ0v) is 17.2. The highest BCUT2D eigenvalue weighted by molar-refractivity contribution is 4.90. The molecule has 0 aliphatic carbocycles. The molecule has 5 atom stereocenters. The van der Waals surface area contributed by atoms with Gasteiger partial charge in [-0.3, -0.25) is 0 Å². The molecule has 5 unspecified atom stereocenters. The summed E-state index contributed by atoms with van der Waals surface area (Å²) in [6.07, 6.45) is 17.3. The van der Waals surface area contributed by atoms with Crippen LogP contribution in [0.1, 0.15) is 65.7 Å². The molecule has 3 heteroatoms. The molecular weight excluding hydrogens is 324 g/mol. The van der Waals surface area contributed by atoms with Crippen LogP contribution in [0.3, 0.4) is 0 Å². The normalized spacial score (nSPS) is 18.1. The lowest BCUT2D eigenvalue weighted by Crippen LogP contribution is -2.21. The van der Waals surface area contributed by atoms with Crippen LogP contribution in [0.4, 0.5) is 0 Å². The lowest BCUT2D eigenvalue weighted by atomic mass is 9.85. The Morgan fingerprint density at radius 2 is 1.35 bits per heavy atom. The average Bonchev–Trinajstić information content (AvgIpc) is 2.65. The Balaban J connectivity index is 4.01. The maximum Gasteiger partial charge on any atom is 0.0796 e. The molecule has 0 fully saturated rings. The zero-order valence-electron chi connectivity index (χ0n) is 17.2. The standard InChI is InChI=1S/C23H42O3/c1-5-22(14-10-6-8-13-21(4)23(26)18-25)16-15-20(3)19(2)12-9-7-11-17-24/h5-7,10-11,19-26H,1,8-9,12-18H2,2-4H3/b10-6+,11-7+. The molecule has 3 N–H and O–H groups in total. The highest BCUT2D eigenvalue weighted by Gasteiger charge is 2.14. The molecule has 0 aromatic heterocycles. The van der Waals surface area contributed by atoms with E-state index in [1.807, 2.05) is 13.0 Å². The van der Waals surface area contributed by atoms with Crippen LogP contribution >= 0.6 is 0 Å². The van der Waals surface area contributed by atoms with Crippen LogP contribution in [-0.4, -0.2) is 34.6 Å². The van der Waals surface area contributed by atoms with Crippen LogP contribution in [0.15, 0.2) is 37.0 Å². The van der Waals surface area contributed by atoms with Crippen molar-refractivity contribution in [2.45, 2.75) is 71.8 Å². The first kappa shape index (κ1) is 25.1. The Morgan fingerprint density at radius 3 is 1.92 bits per heavy atom. The lowest BCUT2D eigenvalue weighted by molar-refractivity contribution is 0.0508. The van der Waals surface area contributed by atoms with Crippen molar-refractivity contribution in [2.24, 2.45) is 23.7 Å². The van der Waals surface area contributed by atoms with Gasteiger partial charge >= 0.3 is 0 Å². The third-order valence-electron chi connectivity index (χ3n) is 5.60. The first-order valence-electron chi connectivity index (χ1n) is 10.3. The molecule has 0 heterocycles. The quantitative estimate of drug-likeness (QED) is 0.341. The second kappa shape index (κ2) is 16.3. The van der Waals surface area contributed by atoms with Crippen molar-refractivity contribution in [2.75, 3.05) is 13.2 Å². The Hall–Kier alpha value is -0.900. The van der Waals surface area contributed by atoms with Crippen molar-refractivity contribution < 1.29 is 15.3 Å². The van der Waals surface area contributed by atoms with E-state index in [1.54, 1.807) is 0 Å². The van der Waals surface area contributed by atoms with Crippen LogP contribution in [0.2, 0.25) is 0 Å². The molecule has 0 saturated heterocycles. The summed E-state index contributed by atoms with van der Waals surface area (Å²) in [5.41, 5.74) is 0. The van der Waals surface area contributed by atoms with E-state index in [2.05, 4.69) is 44.7 Å². The predicted octanol–water partition coefficient (Wildman–Crippen LogP) is 4.89. The largest absolute Gasteiger partial charge is 0.394 e. The van der Waals surface area contributed by atoms with Gasteiger partial charge in [-0.25, -0.2) is 0 Å². The highest BCUT2D eigenvalue weighted by Crippen LogP contribution is 2.25. The molecule has 0 rings (SSSR count). The Bertz CT molecular complexity index is 389. The monoisotopic (exact) mass is 366 g/mol. The van der Waals surface area contributed by atoms with Gasteiger partial charge in [0, 0.05) is 0 Å². The second-order valence-corrected chi connectivity index (χ2v) is 7.77. The predicted molar refractivity (Wildman–Crippen MR) is 112 cm³/mol. The van der Waals surface area contributed by atoms with E-state index in [0.29, 0.717) is 17.8 Å². The van der Waals surface area contributed by atoms with Crippen molar-refractivity contribution >= 4 is 0 Å². The first-order chi connectivity index (χ1) is 12.5. The summed E-state index contributed by atoms with van der Waals surface area (Å²) in [5.74, 6) is 2.05. The molecule has 0 saturated carbocycles. The van der Waals surface area contributed by atoms with Crippen molar-refractivity contribution in [1.82, 2.24) is 0 Å². The fourth-order valence-corrected chi connectivity index (χ4v) is 3.05. The van der Waals surface area contributed by atoms with Gasteiger partial charge in [0.05, 0.1) is 19.3 Å². The first-order valence-corrected chi connectivity index (χ1v) is 10.3. The van der Waals surface area contributed by atoms with E-state index in [9.17, 15) is 5.11 Å². The molecule has 0 radical (unpaired) electrons. The van der Waals surface area contributed by atoms with Crippen molar-refractivity contribution in [1.29, 1.82) is 0 Å². The molecule has 3 nitrogen and oxygen atoms in total. The van der Waals surface area contributed by atoms with Crippen LogP contribution in [0.25, 0.3) is 0 Å². The second-order valence-electron chi connectivity index (χ2n) is 7.77. The van der Waals surface area contributed by atoms with Crippen LogP contribution in [0, 0.1) is 23.7 Å². The van der Waals surface area contributed by atoms with E-state index in [0.717, 1.165) is 25.7 Å². The topological polar surface area (TPSA) is 60.7 Å². The molecule has 0 aromatic carbocycles. The summed E-state index contributed by atoms with van der Waals surface area (Å²) < 4.78 is 0. The summed E-state index contributed by atoms with van der Waals surface area (Å²) in [6.45, 7) is 10.6. The van der Waals surface area contributed by atoms with E-state index >= 15 is 0 Å². The summed E-state index contributed by atoms with van der Waals surface area (Å²) in [4.78, 5) is 0. The number of rotatable bonds is 16. The maximum atomic E-state index is 9.55. The van der Waals surface area contributed by atoms with Crippen LogP contribution in [-0.2, 0) is 0 Å². The van der Waals surface area contributed by atoms with Gasteiger partial charge in [-0.2, -0.15) is 0 Å². The summed E-state index contributed by atoms with van der Waals surface area (Å²) in [7, 11) is 0. The van der Waals surface area contributed by atoms with Gasteiger partial charge < -0.3 is 15.3 Å². The minimum Gasteiger partial charge on any atom is -0.394 e. The van der Waals surface area contributed by atoms with E-state index in [4.69, 9.17) is 10.2 Å². The fourth-order valence-electron chi connectivity index (χ4n) is 3.05. The third-order valence-corrected chi connectivity index (χ3v) is 5.60. The summed E-state index contributed by atoms with van der Waals surface area (Å²) >= 11 is 0. The molecule has 0 spiro atoms. The smallest absolute Gasteiger partial charge is 0.0796 e. The molecule has 0 aliphatic rings. The van der Waals surface area contributed by atoms with Gasteiger partial charge in [-0.15, -0.1) is 6.58 Å². The van der Waals surface area contributed by atoms with Crippen LogP contribution < -0.4 is 0 Å². The van der Waals surface area contributed by atoms with Gasteiger partial charge in [0.2, 0.25) is 0 Å². The molecule has 26 heavy (non-hydrogen) atoms. The van der Waals surface area contributed by atoms with Gasteiger partial charge in [0.25, 0.3) is 0 Å². The van der Waals surface area contributed by atoms with Gasteiger partial charge in [-0.1, -0.05) is 51.2 Å². The molecule has 0 aliphatic heterocycles. The molecular formula is C23H42O3. The van der Waals surface area contributed by atoms with E-state index in [-0.39, 0.29) is 19.1 Å². The Kier molecular flexibility index (Phi) is 15.7. The van der Waals surface area contributed by atoms with Crippen molar-refractivity contribution in [3.8, 4) is 0 Å². The number of hydrogen-bond acceptors (Lipinski definition) is 3. The number of allylic oxidation sites excluding steroid dienone is 4. The number of aliphatic hydroxyl groups excluding tert-OH is 3. The number of hydrogen-bond donors (Lipinski definition) is 3. The fraction of sp³-hybridized carbons (Fsp3) is 0.739. The van der Waals surface area contributed by atoms with Crippen LogP contribution in [0.5, 0.6) is 0 Å². The minimum absolute atomic E-state index is 0.134. The Morgan fingerprint density at radius 1 is 0.769 bits per heavy atom.